The number of rotatable bonds is 6. The van der Waals surface area contributed by atoms with Crippen LogP contribution in [-0.2, 0) is 31.1 Å². The molecule has 0 bridgehead atoms. The number of hydrogen-bond acceptors (Lipinski definition) is 6. The summed E-state index contributed by atoms with van der Waals surface area (Å²) >= 11 is 0. The largest absolute Gasteiger partial charge is 0.467 e. The SMILES string of the molecule is CC(C)(C)c1ccc(C(=O)NC(=O)COC(=O)C2CC(=O)N(Cc3ccco3)C2)cc1. The number of imide groups is 1. The summed E-state index contributed by atoms with van der Waals surface area (Å²) in [4.78, 5) is 50.1. The maximum absolute atomic E-state index is 12.2. The summed E-state index contributed by atoms with van der Waals surface area (Å²) in [7, 11) is 0. The molecule has 1 N–H and O–H groups in total. The van der Waals surface area contributed by atoms with Crippen molar-refractivity contribution in [2.24, 2.45) is 5.92 Å². The molecule has 8 heteroatoms. The van der Waals surface area contributed by atoms with Crippen LogP contribution in [0.2, 0.25) is 0 Å². The van der Waals surface area contributed by atoms with Gasteiger partial charge in [-0.2, -0.15) is 0 Å². The number of nitrogens with one attached hydrogen (secondary N) is 1. The van der Waals surface area contributed by atoms with Crippen molar-refractivity contribution < 1.29 is 28.3 Å². The molecule has 1 fully saturated rings. The molecule has 1 aromatic carbocycles. The highest BCUT2D eigenvalue weighted by Crippen LogP contribution is 2.23. The number of hydrogen-bond donors (Lipinski definition) is 1. The van der Waals surface area contributed by atoms with E-state index in [2.05, 4.69) is 26.1 Å². The highest BCUT2D eigenvalue weighted by atomic mass is 16.5. The number of nitrogens with zero attached hydrogens (tertiary/aromatic N) is 1. The molecule has 0 aliphatic carbocycles. The fourth-order valence-electron chi connectivity index (χ4n) is 3.28. The molecule has 1 unspecified atom stereocenters. The number of likely N-dealkylation sites (tertiary alicyclic amines) is 1. The molecule has 1 aliphatic rings. The Hall–Kier alpha value is -3.42. The fraction of sp³-hybridized carbons (Fsp3) is 0.391. The molecule has 164 valence electrons. The number of carbonyl (C=O) groups is 4. The minimum absolute atomic E-state index is 0.0141. The fourth-order valence-corrected chi connectivity index (χ4v) is 3.28. The van der Waals surface area contributed by atoms with Gasteiger partial charge in [0.2, 0.25) is 5.91 Å². The topological polar surface area (TPSA) is 106 Å². The molecule has 1 atom stereocenters. The Kier molecular flexibility index (Phi) is 6.58. The lowest BCUT2D eigenvalue weighted by atomic mass is 9.87. The maximum atomic E-state index is 12.2. The maximum Gasteiger partial charge on any atom is 0.311 e. The van der Waals surface area contributed by atoms with Crippen LogP contribution in [0, 0.1) is 5.92 Å². The van der Waals surface area contributed by atoms with Gasteiger partial charge in [-0.25, -0.2) is 0 Å². The molecular weight excluding hydrogens is 400 g/mol. The number of carbonyl (C=O) groups excluding carboxylic acids is 4. The lowest BCUT2D eigenvalue weighted by molar-refractivity contribution is -0.152. The molecular formula is C23H26N2O6. The Morgan fingerprint density at radius 2 is 1.87 bits per heavy atom. The number of furan rings is 1. The summed E-state index contributed by atoms with van der Waals surface area (Å²) in [5, 5.41) is 2.20. The summed E-state index contributed by atoms with van der Waals surface area (Å²) in [5.41, 5.74) is 1.35. The lowest BCUT2D eigenvalue weighted by Crippen LogP contribution is -2.35. The van der Waals surface area contributed by atoms with Gasteiger partial charge in [-0.1, -0.05) is 32.9 Å². The molecule has 2 heterocycles. The molecule has 2 aromatic rings. The standard InChI is InChI=1S/C23H26N2O6/c1-23(2,3)17-8-6-15(7-9-17)21(28)24-19(26)14-31-22(29)16-11-20(27)25(12-16)13-18-5-4-10-30-18/h4-10,16H,11-14H2,1-3H3,(H,24,26,28). The molecule has 8 nitrogen and oxygen atoms in total. The highest BCUT2D eigenvalue weighted by molar-refractivity contribution is 6.05. The number of ether oxygens (including phenoxy) is 1. The van der Waals surface area contributed by atoms with Gasteiger partial charge in [-0.05, 0) is 35.2 Å². The van der Waals surface area contributed by atoms with Crippen LogP contribution in [0.25, 0.3) is 0 Å². The van der Waals surface area contributed by atoms with Gasteiger partial charge < -0.3 is 14.1 Å². The molecule has 1 aliphatic heterocycles. The smallest absolute Gasteiger partial charge is 0.311 e. The average Bonchev–Trinajstić information content (AvgIpc) is 3.36. The first kappa shape index (κ1) is 22.3. The van der Waals surface area contributed by atoms with Gasteiger partial charge in [0.1, 0.15) is 5.76 Å². The van der Waals surface area contributed by atoms with Crippen molar-refractivity contribution in [2.45, 2.75) is 39.2 Å². The molecule has 0 radical (unpaired) electrons. The van der Waals surface area contributed by atoms with Gasteiger partial charge in [-0.3, -0.25) is 24.5 Å². The van der Waals surface area contributed by atoms with Crippen LogP contribution in [0.5, 0.6) is 0 Å². The minimum atomic E-state index is -0.727. The number of benzene rings is 1. The van der Waals surface area contributed by atoms with Crippen molar-refractivity contribution >= 4 is 23.7 Å². The van der Waals surface area contributed by atoms with Crippen LogP contribution < -0.4 is 5.32 Å². The Balaban J connectivity index is 1.45. The summed E-state index contributed by atoms with van der Waals surface area (Å²) in [6.07, 6.45) is 1.53. The zero-order valence-electron chi connectivity index (χ0n) is 17.8. The van der Waals surface area contributed by atoms with Crippen LogP contribution in [0.1, 0.15) is 48.9 Å². The molecule has 3 rings (SSSR count). The van der Waals surface area contributed by atoms with Gasteiger partial charge in [0.15, 0.2) is 6.61 Å². The second-order valence-electron chi connectivity index (χ2n) is 8.57. The predicted octanol–water partition coefficient (Wildman–Crippen LogP) is 2.43. The third-order valence-corrected chi connectivity index (χ3v) is 5.09. The molecule has 3 amide bonds. The van der Waals surface area contributed by atoms with Crippen molar-refractivity contribution in [2.75, 3.05) is 13.2 Å². The van der Waals surface area contributed by atoms with Crippen molar-refractivity contribution in [3.05, 3.63) is 59.5 Å². The predicted molar refractivity (Wildman–Crippen MR) is 111 cm³/mol. The Labute approximate surface area is 180 Å². The second kappa shape index (κ2) is 9.16. The van der Waals surface area contributed by atoms with Gasteiger partial charge in [0, 0.05) is 18.5 Å². The third-order valence-electron chi connectivity index (χ3n) is 5.09. The first-order chi connectivity index (χ1) is 14.6. The van der Waals surface area contributed by atoms with E-state index < -0.39 is 30.3 Å². The zero-order valence-corrected chi connectivity index (χ0v) is 17.8. The molecule has 0 saturated carbocycles. The van der Waals surface area contributed by atoms with E-state index in [0.717, 1.165) is 5.56 Å². The quantitative estimate of drug-likeness (QED) is 0.711. The van der Waals surface area contributed by atoms with Crippen LogP contribution >= 0.6 is 0 Å². The molecule has 1 saturated heterocycles. The zero-order chi connectivity index (χ0) is 22.6. The first-order valence-corrected chi connectivity index (χ1v) is 10.0. The van der Waals surface area contributed by atoms with E-state index in [1.54, 1.807) is 24.3 Å². The first-order valence-electron chi connectivity index (χ1n) is 10.0. The summed E-state index contributed by atoms with van der Waals surface area (Å²) in [6, 6.07) is 10.4. The summed E-state index contributed by atoms with van der Waals surface area (Å²) < 4.78 is 10.2. The average molecular weight is 426 g/mol. The van der Waals surface area contributed by atoms with Crippen LogP contribution in [0.4, 0.5) is 0 Å². The number of esters is 1. The normalized spacial score (nSPS) is 16.3. The lowest BCUT2D eigenvalue weighted by Gasteiger charge is -2.19. The van der Waals surface area contributed by atoms with Crippen LogP contribution in [0.15, 0.2) is 47.1 Å². The second-order valence-corrected chi connectivity index (χ2v) is 8.57. The van der Waals surface area contributed by atoms with Gasteiger partial charge >= 0.3 is 5.97 Å². The Bertz CT molecular complexity index is 957. The Morgan fingerprint density at radius 1 is 1.16 bits per heavy atom. The van der Waals surface area contributed by atoms with Gasteiger partial charge in [-0.15, -0.1) is 0 Å². The monoisotopic (exact) mass is 426 g/mol. The van der Waals surface area contributed by atoms with Crippen molar-refractivity contribution in [3.8, 4) is 0 Å². The van der Waals surface area contributed by atoms with E-state index in [1.165, 1.54) is 11.2 Å². The van der Waals surface area contributed by atoms with E-state index >= 15 is 0 Å². The van der Waals surface area contributed by atoms with Crippen molar-refractivity contribution in [3.63, 3.8) is 0 Å². The van der Waals surface area contributed by atoms with E-state index in [0.29, 0.717) is 11.3 Å². The molecule has 1 aromatic heterocycles. The van der Waals surface area contributed by atoms with Crippen molar-refractivity contribution in [1.29, 1.82) is 0 Å². The van der Waals surface area contributed by atoms with Crippen molar-refractivity contribution in [1.82, 2.24) is 10.2 Å². The molecule has 0 spiro atoms. The number of amides is 3. The van der Waals surface area contributed by atoms with Crippen LogP contribution in [0.3, 0.4) is 0 Å². The summed E-state index contributed by atoms with van der Waals surface area (Å²) in [6.45, 7) is 6.07. The van der Waals surface area contributed by atoms with Gasteiger partial charge in [0.25, 0.3) is 11.8 Å². The van der Waals surface area contributed by atoms with E-state index in [-0.39, 0.29) is 30.8 Å². The van der Waals surface area contributed by atoms with E-state index in [9.17, 15) is 19.2 Å². The van der Waals surface area contributed by atoms with Crippen LogP contribution in [-0.4, -0.2) is 41.7 Å². The minimum Gasteiger partial charge on any atom is -0.467 e. The Morgan fingerprint density at radius 3 is 2.48 bits per heavy atom. The van der Waals surface area contributed by atoms with E-state index in [1.807, 2.05) is 12.1 Å². The van der Waals surface area contributed by atoms with E-state index in [4.69, 9.17) is 9.15 Å². The highest BCUT2D eigenvalue weighted by Gasteiger charge is 2.36. The third kappa shape index (κ3) is 5.81. The molecule has 31 heavy (non-hydrogen) atoms. The summed E-state index contributed by atoms with van der Waals surface area (Å²) in [5.74, 6) is -2.16. The van der Waals surface area contributed by atoms with Gasteiger partial charge in [0.05, 0.1) is 18.7 Å².